The quantitative estimate of drug-likeness (QED) is 0.174. The number of anilines is 1. The lowest BCUT2D eigenvalue weighted by atomic mass is 10.1. The van der Waals surface area contributed by atoms with Gasteiger partial charge in [0, 0.05) is 18.8 Å². The first-order valence-corrected chi connectivity index (χ1v) is 12.5. The van der Waals surface area contributed by atoms with Crippen LogP contribution in [0.2, 0.25) is 0 Å². The summed E-state index contributed by atoms with van der Waals surface area (Å²) < 4.78 is 17.2. The highest BCUT2D eigenvalue weighted by Gasteiger charge is 2.19. The summed E-state index contributed by atoms with van der Waals surface area (Å²) in [6.07, 6.45) is 3.13. The number of nitrogens with zero attached hydrogens (tertiary/aromatic N) is 1. The van der Waals surface area contributed by atoms with Crippen LogP contribution in [-0.2, 0) is 19.1 Å². The molecule has 3 amide bonds. The van der Waals surface area contributed by atoms with Gasteiger partial charge in [-0.05, 0) is 78.1 Å². The zero-order chi connectivity index (χ0) is 26.1. The first-order valence-electron chi connectivity index (χ1n) is 11.4. The number of nitrogens with one attached hydrogen (secondary N) is 3. The van der Waals surface area contributed by atoms with Gasteiger partial charge in [0.05, 0.1) is 23.0 Å². The van der Waals surface area contributed by atoms with Gasteiger partial charge in [0.15, 0.2) is 18.1 Å². The van der Waals surface area contributed by atoms with E-state index in [9.17, 15) is 14.4 Å². The minimum absolute atomic E-state index is 0.0572. The van der Waals surface area contributed by atoms with Crippen molar-refractivity contribution >= 4 is 52.2 Å². The fourth-order valence-electron chi connectivity index (χ4n) is 3.59. The number of hydrazone groups is 1. The predicted molar refractivity (Wildman–Crippen MR) is 143 cm³/mol. The maximum Gasteiger partial charge on any atom is 0.329 e. The molecule has 0 radical (unpaired) electrons. The molecule has 1 heterocycles. The van der Waals surface area contributed by atoms with Crippen molar-refractivity contribution in [2.45, 2.75) is 32.8 Å². The summed E-state index contributed by atoms with van der Waals surface area (Å²) in [6.45, 7) is 4.61. The van der Waals surface area contributed by atoms with E-state index in [0.29, 0.717) is 27.2 Å². The van der Waals surface area contributed by atoms with Gasteiger partial charge >= 0.3 is 11.8 Å². The van der Waals surface area contributed by atoms with Gasteiger partial charge in [-0.3, -0.25) is 14.4 Å². The summed E-state index contributed by atoms with van der Waals surface area (Å²) in [5.41, 5.74) is 5.50. The van der Waals surface area contributed by atoms with E-state index < -0.39 is 11.8 Å². The average Bonchev–Trinajstić information content (AvgIpc) is 3.37. The highest BCUT2D eigenvalue weighted by atomic mass is 127. The number of halogens is 1. The molecule has 11 heteroatoms. The smallest absolute Gasteiger partial charge is 0.329 e. The molecule has 2 aromatic carbocycles. The van der Waals surface area contributed by atoms with Gasteiger partial charge in [-0.15, -0.1) is 0 Å². The largest absolute Gasteiger partial charge is 0.493 e. The topological polar surface area (TPSA) is 127 Å². The molecule has 36 heavy (non-hydrogen) atoms. The van der Waals surface area contributed by atoms with E-state index >= 15 is 0 Å². The van der Waals surface area contributed by atoms with Crippen LogP contribution in [0.15, 0.2) is 35.4 Å². The average molecular weight is 608 g/mol. The number of para-hydroxylation sites is 1. The lowest BCUT2D eigenvalue weighted by Crippen LogP contribution is -2.41. The van der Waals surface area contributed by atoms with Crippen molar-refractivity contribution < 1.29 is 28.6 Å². The summed E-state index contributed by atoms with van der Waals surface area (Å²) in [6, 6.07) is 9.18. The minimum atomic E-state index is -0.874. The molecule has 0 unspecified atom stereocenters. The van der Waals surface area contributed by atoms with E-state index in [-0.39, 0.29) is 25.2 Å². The molecule has 0 aromatic heterocycles. The van der Waals surface area contributed by atoms with E-state index in [4.69, 9.17) is 14.2 Å². The van der Waals surface area contributed by atoms with Crippen molar-refractivity contribution in [3.05, 3.63) is 50.6 Å². The number of rotatable bonds is 9. The lowest BCUT2D eigenvalue weighted by molar-refractivity contribution is -0.139. The van der Waals surface area contributed by atoms with Crippen molar-refractivity contribution in [3.63, 3.8) is 0 Å². The third-order valence-electron chi connectivity index (χ3n) is 5.45. The molecular formula is C25H29IN4O6. The van der Waals surface area contributed by atoms with Crippen LogP contribution in [0.3, 0.4) is 0 Å². The third kappa shape index (κ3) is 7.65. The van der Waals surface area contributed by atoms with Crippen molar-refractivity contribution in [1.82, 2.24) is 10.7 Å². The molecule has 0 saturated carbocycles. The molecule has 1 saturated heterocycles. The molecule has 1 atom stereocenters. The standard InChI is InChI=1S/C25H29IN4O6/c1-15-6-4-7-16(2)22(15)29-21(31)14-36-23-19(26)10-17(11-20(23)34-3)12-28-30-25(33)24(32)27-13-18-8-5-9-35-18/h4,6-7,10-12,18H,5,8-9,13-14H2,1-3H3,(H,27,32)(H,29,31)(H,30,33)/b28-12-/t18-/m1/s1. The third-order valence-corrected chi connectivity index (χ3v) is 6.25. The van der Waals surface area contributed by atoms with Crippen molar-refractivity contribution in [2.24, 2.45) is 5.10 Å². The second kappa shape index (κ2) is 13.2. The summed E-state index contributed by atoms with van der Waals surface area (Å²) >= 11 is 2.06. The first-order chi connectivity index (χ1) is 17.3. The number of amides is 3. The van der Waals surface area contributed by atoms with Crippen LogP contribution in [0, 0.1) is 17.4 Å². The molecule has 2 aromatic rings. The van der Waals surface area contributed by atoms with Crippen LogP contribution in [0.5, 0.6) is 11.5 Å². The van der Waals surface area contributed by atoms with Gasteiger partial charge in [0.1, 0.15) is 0 Å². The normalized spacial score (nSPS) is 14.9. The zero-order valence-electron chi connectivity index (χ0n) is 20.4. The van der Waals surface area contributed by atoms with E-state index in [1.165, 1.54) is 13.3 Å². The lowest BCUT2D eigenvalue weighted by Gasteiger charge is -2.15. The number of carbonyl (C=O) groups excluding carboxylic acids is 3. The molecule has 1 aliphatic rings. The molecule has 0 spiro atoms. The Morgan fingerprint density at radius 3 is 2.61 bits per heavy atom. The SMILES string of the molecule is COc1cc(/C=N\NC(=O)C(=O)NC[C@H]2CCCO2)cc(I)c1OCC(=O)Nc1c(C)cccc1C. The number of methoxy groups -OCH3 is 1. The molecule has 1 fully saturated rings. The molecule has 0 aliphatic carbocycles. The Balaban J connectivity index is 1.55. The maximum absolute atomic E-state index is 12.5. The molecular weight excluding hydrogens is 579 g/mol. The second-order valence-electron chi connectivity index (χ2n) is 8.18. The maximum atomic E-state index is 12.5. The zero-order valence-corrected chi connectivity index (χ0v) is 22.5. The van der Waals surface area contributed by atoms with Gasteiger partial charge in [-0.2, -0.15) is 5.10 Å². The fourth-order valence-corrected chi connectivity index (χ4v) is 4.37. The molecule has 192 valence electrons. The van der Waals surface area contributed by atoms with Crippen LogP contribution in [0.4, 0.5) is 5.69 Å². The monoisotopic (exact) mass is 608 g/mol. The Labute approximate surface area is 223 Å². The van der Waals surface area contributed by atoms with Gasteiger partial charge in [-0.25, -0.2) is 5.43 Å². The van der Waals surface area contributed by atoms with Crippen LogP contribution in [-0.4, -0.2) is 56.9 Å². The molecule has 3 rings (SSSR count). The Bertz CT molecular complexity index is 1130. The van der Waals surface area contributed by atoms with Crippen molar-refractivity contribution in [3.8, 4) is 11.5 Å². The number of carbonyl (C=O) groups is 3. The Kier molecular flexibility index (Phi) is 10.1. The molecule has 1 aliphatic heterocycles. The van der Waals surface area contributed by atoms with E-state index in [2.05, 4.69) is 43.8 Å². The Hall–Kier alpha value is -3.19. The summed E-state index contributed by atoms with van der Waals surface area (Å²) in [7, 11) is 1.48. The highest BCUT2D eigenvalue weighted by molar-refractivity contribution is 14.1. The van der Waals surface area contributed by atoms with Crippen molar-refractivity contribution in [1.29, 1.82) is 0 Å². The van der Waals surface area contributed by atoms with Crippen LogP contribution in [0.1, 0.15) is 29.5 Å². The first kappa shape index (κ1) is 27.4. The Morgan fingerprint density at radius 1 is 1.19 bits per heavy atom. The molecule has 0 bridgehead atoms. The number of benzene rings is 2. The van der Waals surface area contributed by atoms with E-state index in [1.54, 1.807) is 12.1 Å². The summed E-state index contributed by atoms with van der Waals surface area (Å²) in [4.78, 5) is 36.3. The second-order valence-corrected chi connectivity index (χ2v) is 9.34. The fraction of sp³-hybridized carbons (Fsp3) is 0.360. The highest BCUT2D eigenvalue weighted by Crippen LogP contribution is 2.33. The van der Waals surface area contributed by atoms with E-state index in [0.717, 1.165) is 29.7 Å². The van der Waals surface area contributed by atoms with Crippen LogP contribution < -0.4 is 25.5 Å². The minimum Gasteiger partial charge on any atom is -0.493 e. The molecule has 3 N–H and O–H groups in total. The number of hydrogen-bond donors (Lipinski definition) is 3. The number of hydrogen-bond acceptors (Lipinski definition) is 7. The summed E-state index contributed by atoms with van der Waals surface area (Å²) in [5, 5.41) is 9.26. The molecule has 10 nitrogen and oxygen atoms in total. The van der Waals surface area contributed by atoms with Crippen LogP contribution in [0.25, 0.3) is 0 Å². The van der Waals surface area contributed by atoms with E-state index in [1.807, 2.05) is 32.0 Å². The van der Waals surface area contributed by atoms with Gasteiger partial charge < -0.3 is 24.8 Å². The Morgan fingerprint density at radius 2 is 1.94 bits per heavy atom. The number of ether oxygens (including phenoxy) is 3. The van der Waals surface area contributed by atoms with Gasteiger partial charge in [-0.1, -0.05) is 18.2 Å². The van der Waals surface area contributed by atoms with Crippen molar-refractivity contribution in [2.75, 3.05) is 32.2 Å². The predicted octanol–water partition coefficient (Wildman–Crippen LogP) is 2.68. The van der Waals surface area contributed by atoms with Gasteiger partial charge in [0.25, 0.3) is 5.91 Å². The summed E-state index contributed by atoms with van der Waals surface area (Å²) in [5.74, 6) is -1.15. The van der Waals surface area contributed by atoms with Gasteiger partial charge in [0.2, 0.25) is 0 Å². The van der Waals surface area contributed by atoms with Crippen LogP contribution >= 0.6 is 22.6 Å². The number of aryl methyl sites for hydroxylation is 2.